The number of benzene rings is 1. The summed E-state index contributed by atoms with van der Waals surface area (Å²) < 4.78 is 2.31. The zero-order valence-corrected chi connectivity index (χ0v) is 10.2. The van der Waals surface area contributed by atoms with Gasteiger partial charge in [-0.15, -0.1) is 0 Å². The van der Waals surface area contributed by atoms with Crippen molar-refractivity contribution in [3.8, 4) is 0 Å². The molecule has 0 saturated heterocycles. The Morgan fingerprint density at radius 1 is 1.28 bits per heavy atom. The fourth-order valence-corrected chi connectivity index (χ4v) is 2.14. The molecule has 2 aromatic heterocycles. The van der Waals surface area contributed by atoms with E-state index in [2.05, 4.69) is 15.0 Å². The van der Waals surface area contributed by atoms with Crippen molar-refractivity contribution in [1.29, 1.82) is 0 Å². The van der Waals surface area contributed by atoms with Gasteiger partial charge in [-0.25, -0.2) is 4.98 Å². The lowest BCUT2D eigenvalue weighted by molar-refractivity contribution is 0.799. The van der Waals surface area contributed by atoms with E-state index in [1.54, 1.807) is 0 Å². The molecule has 3 aromatic rings. The first kappa shape index (κ1) is 10.9. The number of hydrogen-bond donors (Lipinski definition) is 2. The number of aromatic amines is 2. The predicted molar refractivity (Wildman–Crippen MR) is 71.1 cm³/mol. The molecule has 0 bridgehead atoms. The summed E-state index contributed by atoms with van der Waals surface area (Å²) in [6.07, 6.45) is 1.38. The van der Waals surface area contributed by atoms with Crippen molar-refractivity contribution < 1.29 is 0 Å². The van der Waals surface area contributed by atoms with Crippen molar-refractivity contribution in [2.45, 2.75) is 6.54 Å². The molecule has 0 aliphatic carbocycles. The highest BCUT2D eigenvalue weighted by Gasteiger charge is 2.08. The standard InChI is InChI=1S/C12H10N4OS/c17-11-9-10(13-7-14-11)16(12(18)15-9)6-8-4-2-1-3-5-8/h1-5,7H,6H2,(H,15,18)(H,13,14,17). The Labute approximate surface area is 107 Å². The highest BCUT2D eigenvalue weighted by atomic mass is 32.1. The van der Waals surface area contributed by atoms with Gasteiger partial charge >= 0.3 is 0 Å². The maximum Gasteiger partial charge on any atom is 0.276 e. The highest BCUT2D eigenvalue weighted by Crippen LogP contribution is 2.10. The summed E-state index contributed by atoms with van der Waals surface area (Å²) in [4.78, 5) is 21.2. The summed E-state index contributed by atoms with van der Waals surface area (Å²) in [6, 6.07) is 9.91. The molecule has 1 aromatic carbocycles. The number of hydrogen-bond acceptors (Lipinski definition) is 3. The van der Waals surface area contributed by atoms with Crippen LogP contribution < -0.4 is 5.56 Å². The van der Waals surface area contributed by atoms with Crippen LogP contribution in [0.15, 0.2) is 41.5 Å². The van der Waals surface area contributed by atoms with E-state index < -0.39 is 0 Å². The van der Waals surface area contributed by atoms with Crippen LogP contribution in [0.3, 0.4) is 0 Å². The third-order valence-corrected chi connectivity index (χ3v) is 3.07. The number of nitrogens with zero attached hydrogens (tertiary/aromatic N) is 2. The minimum absolute atomic E-state index is 0.210. The Kier molecular flexibility index (Phi) is 2.56. The van der Waals surface area contributed by atoms with Crippen LogP contribution in [0.2, 0.25) is 0 Å². The molecule has 0 atom stereocenters. The lowest BCUT2D eigenvalue weighted by Crippen LogP contribution is -2.07. The van der Waals surface area contributed by atoms with Gasteiger partial charge in [0, 0.05) is 0 Å². The summed E-state index contributed by atoms with van der Waals surface area (Å²) in [5.41, 5.74) is 1.89. The normalized spacial score (nSPS) is 10.9. The van der Waals surface area contributed by atoms with E-state index in [9.17, 15) is 4.79 Å². The molecule has 18 heavy (non-hydrogen) atoms. The monoisotopic (exact) mass is 258 g/mol. The van der Waals surface area contributed by atoms with Crippen LogP contribution in [0.4, 0.5) is 0 Å². The van der Waals surface area contributed by atoms with Gasteiger partial charge in [-0.3, -0.25) is 9.36 Å². The van der Waals surface area contributed by atoms with Gasteiger partial charge in [-0.05, 0) is 17.8 Å². The molecule has 2 N–H and O–H groups in total. The molecule has 0 unspecified atom stereocenters. The molecule has 0 fully saturated rings. The van der Waals surface area contributed by atoms with E-state index in [-0.39, 0.29) is 5.56 Å². The molecule has 0 aliphatic rings. The van der Waals surface area contributed by atoms with E-state index in [1.807, 2.05) is 34.9 Å². The zero-order chi connectivity index (χ0) is 12.5. The quantitative estimate of drug-likeness (QED) is 0.689. The Balaban J connectivity index is 2.18. The van der Waals surface area contributed by atoms with Gasteiger partial charge < -0.3 is 9.97 Å². The number of nitrogens with one attached hydrogen (secondary N) is 2. The maximum atomic E-state index is 11.6. The minimum atomic E-state index is -0.210. The summed E-state index contributed by atoms with van der Waals surface area (Å²) in [5.74, 6) is 0. The third kappa shape index (κ3) is 1.76. The van der Waals surface area contributed by atoms with Gasteiger partial charge in [0.2, 0.25) is 0 Å². The molecule has 0 aliphatic heterocycles. The molecule has 5 nitrogen and oxygen atoms in total. The van der Waals surface area contributed by atoms with Crippen LogP contribution in [0.5, 0.6) is 0 Å². The van der Waals surface area contributed by atoms with E-state index in [1.165, 1.54) is 6.33 Å². The van der Waals surface area contributed by atoms with Crippen LogP contribution in [0.25, 0.3) is 11.2 Å². The van der Waals surface area contributed by atoms with Crippen molar-refractivity contribution in [2.24, 2.45) is 0 Å². The Hall–Kier alpha value is -2.21. The topological polar surface area (TPSA) is 66.5 Å². The van der Waals surface area contributed by atoms with Gasteiger partial charge in [0.15, 0.2) is 15.9 Å². The second-order valence-corrected chi connectivity index (χ2v) is 4.32. The van der Waals surface area contributed by atoms with Crippen LogP contribution in [-0.2, 0) is 6.54 Å². The molecular weight excluding hydrogens is 248 g/mol. The minimum Gasteiger partial charge on any atom is -0.325 e. The molecular formula is C12H10N4OS. The van der Waals surface area contributed by atoms with Gasteiger partial charge in [0.1, 0.15) is 0 Å². The van der Waals surface area contributed by atoms with Crippen molar-refractivity contribution in [2.75, 3.05) is 0 Å². The average Bonchev–Trinajstić information content (AvgIpc) is 2.70. The second kappa shape index (κ2) is 4.23. The molecule has 0 spiro atoms. The lowest BCUT2D eigenvalue weighted by Gasteiger charge is -2.03. The van der Waals surface area contributed by atoms with Crippen molar-refractivity contribution in [1.82, 2.24) is 19.5 Å². The summed E-state index contributed by atoms with van der Waals surface area (Å²) in [7, 11) is 0. The first-order chi connectivity index (χ1) is 8.75. The average molecular weight is 258 g/mol. The summed E-state index contributed by atoms with van der Waals surface area (Å²) >= 11 is 5.23. The first-order valence-electron chi connectivity index (χ1n) is 5.46. The van der Waals surface area contributed by atoms with Gasteiger partial charge in [0.05, 0.1) is 12.9 Å². The zero-order valence-electron chi connectivity index (χ0n) is 9.38. The number of imidazole rings is 1. The Morgan fingerprint density at radius 2 is 2.06 bits per heavy atom. The fourth-order valence-electron chi connectivity index (χ4n) is 1.89. The molecule has 3 rings (SSSR count). The highest BCUT2D eigenvalue weighted by molar-refractivity contribution is 7.71. The van der Waals surface area contributed by atoms with E-state index in [0.717, 1.165) is 5.56 Å². The van der Waals surface area contributed by atoms with Crippen molar-refractivity contribution in [3.63, 3.8) is 0 Å². The fraction of sp³-hybridized carbons (Fsp3) is 0.0833. The number of rotatable bonds is 2. The van der Waals surface area contributed by atoms with Crippen molar-refractivity contribution in [3.05, 3.63) is 57.3 Å². The van der Waals surface area contributed by atoms with Gasteiger partial charge in [-0.2, -0.15) is 0 Å². The SMILES string of the molecule is O=c1[nH]cnc2c1[nH]c(=S)n2Cc1ccccc1. The van der Waals surface area contributed by atoms with Gasteiger partial charge in [0.25, 0.3) is 5.56 Å². The first-order valence-corrected chi connectivity index (χ1v) is 5.86. The molecule has 0 amide bonds. The third-order valence-electron chi connectivity index (χ3n) is 2.75. The summed E-state index contributed by atoms with van der Waals surface area (Å²) in [5, 5.41) is 0. The molecule has 90 valence electrons. The van der Waals surface area contributed by atoms with Crippen LogP contribution >= 0.6 is 12.2 Å². The maximum absolute atomic E-state index is 11.6. The molecule has 0 radical (unpaired) electrons. The molecule has 0 saturated carbocycles. The van der Waals surface area contributed by atoms with E-state index >= 15 is 0 Å². The number of H-pyrrole nitrogens is 2. The van der Waals surface area contributed by atoms with Crippen LogP contribution in [-0.4, -0.2) is 19.5 Å². The largest absolute Gasteiger partial charge is 0.325 e. The Morgan fingerprint density at radius 3 is 2.83 bits per heavy atom. The Bertz CT molecular complexity index is 800. The number of aromatic nitrogens is 4. The lowest BCUT2D eigenvalue weighted by atomic mass is 10.2. The van der Waals surface area contributed by atoms with E-state index in [0.29, 0.717) is 22.5 Å². The molecule has 2 heterocycles. The second-order valence-electron chi connectivity index (χ2n) is 3.93. The van der Waals surface area contributed by atoms with E-state index in [4.69, 9.17) is 12.2 Å². The number of fused-ring (bicyclic) bond motifs is 1. The van der Waals surface area contributed by atoms with Gasteiger partial charge in [-0.1, -0.05) is 30.3 Å². The predicted octanol–water partition coefficient (Wildman–Crippen LogP) is 1.83. The van der Waals surface area contributed by atoms with Crippen LogP contribution in [0.1, 0.15) is 5.56 Å². The summed E-state index contributed by atoms with van der Waals surface area (Å²) in [6.45, 7) is 0.593. The van der Waals surface area contributed by atoms with Crippen molar-refractivity contribution >= 4 is 23.4 Å². The molecule has 6 heteroatoms. The smallest absolute Gasteiger partial charge is 0.276 e. The van der Waals surface area contributed by atoms with Crippen LogP contribution in [0, 0.1) is 4.77 Å².